The number of nitrogens with one attached hydrogen (secondary N) is 1. The van der Waals surface area contributed by atoms with Crippen molar-refractivity contribution >= 4 is 17.5 Å². The minimum atomic E-state index is -1.24. The molecule has 160 valence electrons. The maximum absolute atomic E-state index is 13.5. The van der Waals surface area contributed by atoms with Gasteiger partial charge in [0.2, 0.25) is 5.72 Å². The molecule has 4 rings (SSSR count). The first-order valence-electron chi connectivity index (χ1n) is 10.6. The molecular weight excluding hydrogens is 390 g/mol. The number of benzene rings is 2. The van der Waals surface area contributed by atoms with Gasteiger partial charge in [0, 0.05) is 30.6 Å². The largest absolute Gasteiger partial charge is 0.348 e. The van der Waals surface area contributed by atoms with Crippen LogP contribution in [0.4, 0.5) is 5.69 Å². The highest BCUT2D eigenvalue weighted by molar-refractivity contribution is 6.07. The topological polar surface area (TPSA) is 58.6 Å². The van der Waals surface area contributed by atoms with E-state index in [1.807, 2.05) is 56.6 Å². The molecule has 2 amide bonds. The van der Waals surface area contributed by atoms with Crippen LogP contribution in [0.3, 0.4) is 0 Å². The lowest BCUT2D eigenvalue weighted by atomic mass is 9.99. The van der Waals surface area contributed by atoms with Crippen molar-refractivity contribution in [1.29, 1.82) is 0 Å². The number of quaternary nitrogens is 1. The van der Waals surface area contributed by atoms with Crippen molar-refractivity contribution in [3.05, 3.63) is 65.2 Å². The number of ether oxygens (including phenoxy) is 1. The maximum Gasteiger partial charge on any atom is 0.345 e. The van der Waals surface area contributed by atoms with Gasteiger partial charge in [0.15, 0.2) is 0 Å². The van der Waals surface area contributed by atoms with Crippen LogP contribution in [0.5, 0.6) is 0 Å². The number of nitrogens with zero attached hydrogens (tertiary/aromatic N) is 2. The Morgan fingerprint density at radius 2 is 2.03 bits per heavy atom. The van der Waals surface area contributed by atoms with Gasteiger partial charge in [0.1, 0.15) is 6.54 Å². The first kappa shape index (κ1) is 21.3. The van der Waals surface area contributed by atoms with Gasteiger partial charge < -0.3 is 9.64 Å². The zero-order valence-electron chi connectivity index (χ0n) is 18.1. The summed E-state index contributed by atoms with van der Waals surface area (Å²) >= 11 is 0. The van der Waals surface area contributed by atoms with Crippen molar-refractivity contribution in [2.75, 3.05) is 38.7 Å². The molecule has 0 aliphatic carbocycles. The molecule has 1 N–H and O–H groups in total. The number of terminal acetylenes is 1. The van der Waals surface area contributed by atoms with Gasteiger partial charge in [-0.25, -0.2) is 4.79 Å². The van der Waals surface area contributed by atoms with Gasteiger partial charge in [0.25, 0.3) is 5.91 Å². The Bertz CT molecular complexity index is 1030. The van der Waals surface area contributed by atoms with Crippen LogP contribution < -0.4 is 10.2 Å². The molecule has 0 aromatic heterocycles. The van der Waals surface area contributed by atoms with Gasteiger partial charge >= 0.3 is 5.91 Å². The Hall–Kier alpha value is -2.98. The molecule has 1 atom stereocenters. The molecule has 1 fully saturated rings. The van der Waals surface area contributed by atoms with E-state index in [1.54, 1.807) is 11.0 Å². The minimum Gasteiger partial charge on any atom is -0.348 e. The lowest BCUT2D eigenvalue weighted by Gasteiger charge is -2.34. The van der Waals surface area contributed by atoms with Crippen LogP contribution >= 0.6 is 0 Å². The van der Waals surface area contributed by atoms with Gasteiger partial charge in [-0.15, -0.1) is 12.3 Å². The third kappa shape index (κ3) is 3.77. The van der Waals surface area contributed by atoms with Crippen LogP contribution in [0, 0.1) is 12.3 Å². The number of rotatable bonds is 5. The van der Waals surface area contributed by atoms with Crippen molar-refractivity contribution in [1.82, 2.24) is 5.32 Å². The predicted octanol–water partition coefficient (Wildman–Crippen LogP) is 2.64. The Balaban J connectivity index is 1.70. The predicted molar refractivity (Wildman–Crippen MR) is 119 cm³/mol. The number of fused-ring (bicyclic) bond motifs is 2. The number of carbonyl (C=O) groups excluding carboxylic acids is 2. The first-order valence-corrected chi connectivity index (χ1v) is 10.6. The van der Waals surface area contributed by atoms with Crippen LogP contribution in [-0.4, -0.2) is 50.1 Å². The van der Waals surface area contributed by atoms with Gasteiger partial charge in [-0.3, -0.25) is 14.6 Å². The van der Waals surface area contributed by atoms with Crippen molar-refractivity contribution in [2.24, 2.45) is 0 Å². The first-order chi connectivity index (χ1) is 14.9. The minimum absolute atomic E-state index is 0.0212. The van der Waals surface area contributed by atoms with Crippen LogP contribution in [0.25, 0.3) is 0 Å². The molecule has 2 aromatic rings. The fourth-order valence-corrected chi connectivity index (χ4v) is 4.38. The summed E-state index contributed by atoms with van der Waals surface area (Å²) in [5.41, 5.74) is 1.85. The fraction of sp³-hybridized carbons (Fsp3) is 0.360. The van der Waals surface area contributed by atoms with Crippen LogP contribution in [0.2, 0.25) is 0 Å². The summed E-state index contributed by atoms with van der Waals surface area (Å²) in [5, 5.41) is 3.27. The van der Waals surface area contributed by atoms with Crippen LogP contribution in [0.15, 0.2) is 48.5 Å². The maximum atomic E-state index is 13.5. The summed E-state index contributed by atoms with van der Waals surface area (Å²) < 4.78 is 6.19. The second-order valence-corrected chi connectivity index (χ2v) is 8.59. The third-order valence-electron chi connectivity index (χ3n) is 5.92. The van der Waals surface area contributed by atoms with Gasteiger partial charge in [-0.05, 0) is 24.6 Å². The smallest absolute Gasteiger partial charge is 0.345 e. The number of carbonyl (C=O) groups is 2. The molecule has 2 aromatic carbocycles. The Labute approximate surface area is 183 Å². The molecule has 1 unspecified atom stereocenters. The quantitative estimate of drug-likeness (QED) is 0.599. The van der Waals surface area contributed by atoms with Crippen molar-refractivity contribution < 1.29 is 18.8 Å². The third-order valence-corrected chi connectivity index (χ3v) is 5.92. The molecule has 6 heteroatoms. The average molecular weight is 419 g/mol. The van der Waals surface area contributed by atoms with E-state index in [0.29, 0.717) is 43.8 Å². The van der Waals surface area contributed by atoms with Crippen molar-refractivity contribution in [3.8, 4) is 12.3 Å². The molecule has 0 saturated carbocycles. The molecule has 6 nitrogen and oxygen atoms in total. The summed E-state index contributed by atoms with van der Waals surface area (Å²) in [4.78, 5) is 28.5. The monoisotopic (exact) mass is 418 g/mol. The number of amides is 2. The lowest BCUT2D eigenvalue weighted by molar-refractivity contribution is -0.821. The molecule has 2 aliphatic heterocycles. The second-order valence-electron chi connectivity index (χ2n) is 8.59. The number of hydrogen-bond acceptors (Lipinski definition) is 4. The summed E-state index contributed by atoms with van der Waals surface area (Å²) in [6, 6.07) is 15.4. The van der Waals surface area contributed by atoms with Crippen LogP contribution in [0.1, 0.15) is 34.3 Å². The summed E-state index contributed by atoms with van der Waals surface area (Å²) in [7, 11) is 3.80. The standard InChI is InChI=1S/C25H28N3O3/c1-4-5-15-27-22-13-12-20(17-21(22)25(24(27)30)26-14-9-16-31-25)23(29)28(2,3)18-19-10-7-6-8-11-19/h1,6-8,10-13,17,26H,5,9,14-16,18H2,2-3H3/q+1. The molecule has 0 bridgehead atoms. The molecule has 1 spiro atoms. The van der Waals surface area contributed by atoms with E-state index in [1.165, 1.54) is 0 Å². The van der Waals surface area contributed by atoms with E-state index in [-0.39, 0.29) is 16.3 Å². The molecule has 0 radical (unpaired) electrons. The SMILES string of the molecule is C#CCCN1C(=O)C2(NCCCO2)c2cc(C(=O)[N+](C)(C)Cc3ccccc3)ccc21. The van der Waals surface area contributed by atoms with E-state index < -0.39 is 5.72 Å². The van der Waals surface area contributed by atoms with Crippen LogP contribution in [-0.2, 0) is 21.8 Å². The second kappa shape index (κ2) is 8.27. The Kier molecular flexibility index (Phi) is 5.67. The normalized spacial score (nSPS) is 20.5. The van der Waals surface area contributed by atoms with Gasteiger partial charge in [-0.1, -0.05) is 30.3 Å². The Morgan fingerprint density at radius 3 is 2.71 bits per heavy atom. The van der Waals surface area contributed by atoms with Gasteiger partial charge in [0.05, 0.1) is 32.0 Å². The highest BCUT2D eigenvalue weighted by atomic mass is 16.5. The zero-order valence-corrected chi connectivity index (χ0v) is 18.1. The van der Waals surface area contributed by atoms with E-state index in [4.69, 9.17) is 11.2 Å². The number of anilines is 1. The highest BCUT2D eigenvalue weighted by Gasteiger charge is 2.53. The summed E-state index contributed by atoms with van der Waals surface area (Å²) in [6.07, 6.45) is 6.71. The molecule has 2 aliphatic rings. The Morgan fingerprint density at radius 1 is 1.26 bits per heavy atom. The van der Waals surface area contributed by atoms with E-state index in [0.717, 1.165) is 17.7 Å². The summed E-state index contributed by atoms with van der Waals surface area (Å²) in [5.74, 6) is 2.41. The molecule has 2 heterocycles. The van der Waals surface area contributed by atoms with Gasteiger partial charge in [-0.2, -0.15) is 0 Å². The lowest BCUT2D eigenvalue weighted by Crippen LogP contribution is -2.56. The molecule has 31 heavy (non-hydrogen) atoms. The van der Waals surface area contributed by atoms with E-state index in [9.17, 15) is 9.59 Å². The average Bonchev–Trinajstić information content (AvgIpc) is 3.00. The number of hydrogen-bond donors (Lipinski definition) is 1. The van der Waals surface area contributed by atoms with Crippen molar-refractivity contribution in [2.45, 2.75) is 25.1 Å². The highest BCUT2D eigenvalue weighted by Crippen LogP contribution is 2.43. The van der Waals surface area contributed by atoms with E-state index >= 15 is 0 Å². The summed E-state index contributed by atoms with van der Waals surface area (Å²) in [6.45, 7) is 2.14. The molecular formula is C25H28N3O3+. The van der Waals surface area contributed by atoms with E-state index in [2.05, 4.69) is 11.2 Å². The zero-order chi connectivity index (χ0) is 22.1. The van der Waals surface area contributed by atoms with Crippen molar-refractivity contribution in [3.63, 3.8) is 0 Å². The molecule has 1 saturated heterocycles. The fourth-order valence-electron chi connectivity index (χ4n) is 4.38.